The van der Waals surface area contributed by atoms with Crippen molar-refractivity contribution in [2.75, 3.05) is 7.11 Å². The summed E-state index contributed by atoms with van der Waals surface area (Å²) in [5.74, 6) is 0.497. The van der Waals surface area contributed by atoms with Crippen LogP contribution in [-0.4, -0.2) is 23.4 Å². The molecular weight excluding hydrogens is 248 g/mol. The van der Waals surface area contributed by atoms with Gasteiger partial charge in [-0.1, -0.05) is 0 Å². The summed E-state index contributed by atoms with van der Waals surface area (Å²) in [4.78, 5) is 17.7. The van der Waals surface area contributed by atoms with Gasteiger partial charge >= 0.3 is 0 Å². The number of pyridine rings is 1. The Labute approximate surface area is 88.4 Å². The molecule has 0 aliphatic carbocycles. The second-order valence-corrected chi connectivity index (χ2v) is 3.52. The Morgan fingerprint density at radius 3 is 3.07 bits per heavy atom. The van der Waals surface area contributed by atoms with Crippen molar-refractivity contribution in [2.24, 2.45) is 0 Å². The van der Waals surface area contributed by atoms with Gasteiger partial charge in [-0.3, -0.25) is 4.79 Å². The van der Waals surface area contributed by atoms with Crippen LogP contribution in [0.4, 0.5) is 0 Å². The summed E-state index contributed by atoms with van der Waals surface area (Å²) in [6.45, 7) is 0. The van der Waals surface area contributed by atoms with Crippen LogP contribution in [-0.2, 0) is 0 Å². The predicted molar refractivity (Wildman–Crippen MR) is 55.7 cm³/mol. The second-order valence-electron chi connectivity index (χ2n) is 2.73. The highest BCUT2D eigenvalue weighted by molar-refractivity contribution is 9.10. The van der Waals surface area contributed by atoms with E-state index in [1.165, 1.54) is 0 Å². The highest BCUT2D eigenvalue weighted by atomic mass is 79.9. The lowest BCUT2D eigenvalue weighted by atomic mass is 10.2. The highest BCUT2D eigenvalue weighted by Gasteiger charge is 2.10. The van der Waals surface area contributed by atoms with Gasteiger partial charge < -0.3 is 9.72 Å². The molecule has 0 saturated heterocycles. The number of nitrogens with zero attached hydrogens (tertiary/aromatic N) is 1. The standard InChI is InChI=1S/C9H7BrN2O2/c1-14-9-7(10)8-6(3-12-9)5(4-13)2-11-8/h2-4,11H,1H3. The first kappa shape index (κ1) is 9.21. The Hall–Kier alpha value is -1.36. The minimum Gasteiger partial charge on any atom is -0.480 e. The largest absolute Gasteiger partial charge is 0.480 e. The van der Waals surface area contributed by atoms with Crippen molar-refractivity contribution in [3.63, 3.8) is 0 Å². The van der Waals surface area contributed by atoms with E-state index in [0.29, 0.717) is 11.4 Å². The van der Waals surface area contributed by atoms with E-state index in [-0.39, 0.29) is 0 Å². The first-order chi connectivity index (χ1) is 6.77. The number of H-pyrrole nitrogens is 1. The molecule has 0 aliphatic heterocycles. The maximum absolute atomic E-state index is 10.7. The summed E-state index contributed by atoms with van der Waals surface area (Å²) in [5, 5.41) is 0.785. The predicted octanol–water partition coefficient (Wildman–Crippen LogP) is 2.15. The molecule has 1 N–H and O–H groups in total. The van der Waals surface area contributed by atoms with Crippen molar-refractivity contribution in [1.29, 1.82) is 0 Å². The molecule has 2 aromatic heterocycles. The number of methoxy groups -OCH3 is 1. The number of aldehydes is 1. The zero-order chi connectivity index (χ0) is 10.1. The minimum atomic E-state index is 0.497. The van der Waals surface area contributed by atoms with Gasteiger partial charge in [0.05, 0.1) is 12.6 Å². The number of ether oxygens (including phenoxy) is 1. The Bertz CT molecular complexity index is 493. The fourth-order valence-corrected chi connectivity index (χ4v) is 1.89. The maximum atomic E-state index is 10.7. The number of carbonyl (C=O) groups excluding carboxylic acids is 1. The lowest BCUT2D eigenvalue weighted by Crippen LogP contribution is -1.89. The van der Waals surface area contributed by atoms with Crippen LogP contribution >= 0.6 is 15.9 Å². The normalized spacial score (nSPS) is 10.4. The first-order valence-corrected chi connectivity index (χ1v) is 4.72. The van der Waals surface area contributed by atoms with Crippen molar-refractivity contribution in [3.05, 3.63) is 22.4 Å². The van der Waals surface area contributed by atoms with E-state index in [1.807, 2.05) is 0 Å². The molecule has 2 rings (SSSR count). The maximum Gasteiger partial charge on any atom is 0.229 e. The lowest BCUT2D eigenvalue weighted by Gasteiger charge is -2.01. The van der Waals surface area contributed by atoms with Gasteiger partial charge in [-0.2, -0.15) is 0 Å². The molecule has 4 nitrogen and oxygen atoms in total. The average molecular weight is 255 g/mol. The molecule has 14 heavy (non-hydrogen) atoms. The van der Waals surface area contributed by atoms with Crippen LogP contribution in [0.5, 0.6) is 5.88 Å². The van der Waals surface area contributed by atoms with Gasteiger partial charge in [0.1, 0.15) is 4.47 Å². The molecule has 0 spiro atoms. The zero-order valence-corrected chi connectivity index (χ0v) is 8.96. The van der Waals surface area contributed by atoms with E-state index in [2.05, 4.69) is 25.9 Å². The van der Waals surface area contributed by atoms with Crippen LogP contribution < -0.4 is 4.74 Å². The number of aromatic amines is 1. The molecule has 0 saturated carbocycles. The van der Waals surface area contributed by atoms with Crippen LogP contribution in [0, 0.1) is 0 Å². The summed E-state index contributed by atoms with van der Waals surface area (Å²) in [6, 6.07) is 0. The molecule has 2 heterocycles. The number of hydrogen-bond acceptors (Lipinski definition) is 3. The molecule has 0 bridgehead atoms. The van der Waals surface area contributed by atoms with Crippen LogP contribution in [0.1, 0.15) is 10.4 Å². The van der Waals surface area contributed by atoms with Gasteiger partial charge in [0.25, 0.3) is 0 Å². The fraction of sp³-hybridized carbons (Fsp3) is 0.111. The van der Waals surface area contributed by atoms with E-state index in [9.17, 15) is 4.79 Å². The highest BCUT2D eigenvalue weighted by Crippen LogP contribution is 2.30. The first-order valence-electron chi connectivity index (χ1n) is 3.92. The van der Waals surface area contributed by atoms with Gasteiger partial charge in [-0.05, 0) is 15.9 Å². The van der Waals surface area contributed by atoms with E-state index >= 15 is 0 Å². The van der Waals surface area contributed by atoms with Crippen LogP contribution in [0.25, 0.3) is 10.9 Å². The third-order valence-corrected chi connectivity index (χ3v) is 2.73. The fourth-order valence-electron chi connectivity index (χ4n) is 1.30. The molecule has 0 amide bonds. The number of hydrogen-bond donors (Lipinski definition) is 1. The molecule has 0 fully saturated rings. The van der Waals surface area contributed by atoms with Crippen molar-refractivity contribution >= 4 is 33.1 Å². The van der Waals surface area contributed by atoms with Crippen LogP contribution in [0.15, 0.2) is 16.9 Å². The van der Waals surface area contributed by atoms with Crippen molar-refractivity contribution < 1.29 is 9.53 Å². The minimum absolute atomic E-state index is 0.497. The Morgan fingerprint density at radius 2 is 2.43 bits per heavy atom. The van der Waals surface area contributed by atoms with Gasteiger partial charge in [-0.15, -0.1) is 0 Å². The zero-order valence-electron chi connectivity index (χ0n) is 7.37. The molecule has 72 valence electrons. The van der Waals surface area contributed by atoms with Crippen LogP contribution in [0.3, 0.4) is 0 Å². The average Bonchev–Trinajstić information content (AvgIpc) is 2.62. The van der Waals surface area contributed by atoms with E-state index in [1.54, 1.807) is 19.5 Å². The number of halogens is 1. The number of aromatic nitrogens is 2. The summed E-state index contributed by atoms with van der Waals surface area (Å²) in [7, 11) is 1.54. The van der Waals surface area contributed by atoms with E-state index < -0.39 is 0 Å². The van der Waals surface area contributed by atoms with Crippen molar-refractivity contribution in [2.45, 2.75) is 0 Å². The topological polar surface area (TPSA) is 55.0 Å². The molecule has 5 heteroatoms. The summed E-state index contributed by atoms with van der Waals surface area (Å²) < 4.78 is 5.76. The summed E-state index contributed by atoms with van der Waals surface area (Å²) in [6.07, 6.45) is 4.04. The Kier molecular flexibility index (Phi) is 2.25. The van der Waals surface area contributed by atoms with Gasteiger partial charge in [0, 0.05) is 23.3 Å². The van der Waals surface area contributed by atoms with Gasteiger partial charge in [0.15, 0.2) is 6.29 Å². The molecular formula is C9H7BrN2O2. The quantitative estimate of drug-likeness (QED) is 0.836. The number of nitrogens with one attached hydrogen (secondary N) is 1. The Balaban J connectivity index is 2.78. The Morgan fingerprint density at radius 1 is 1.64 bits per heavy atom. The van der Waals surface area contributed by atoms with Gasteiger partial charge in [0.2, 0.25) is 5.88 Å². The lowest BCUT2D eigenvalue weighted by molar-refractivity contribution is 0.112. The second kappa shape index (κ2) is 3.42. The number of carbonyl (C=O) groups is 1. The molecule has 0 unspecified atom stereocenters. The third kappa shape index (κ3) is 1.21. The molecule has 0 aromatic carbocycles. The SMILES string of the molecule is COc1ncc2c(C=O)c[nH]c2c1Br. The van der Waals surface area contributed by atoms with Crippen molar-refractivity contribution in [3.8, 4) is 5.88 Å². The smallest absolute Gasteiger partial charge is 0.229 e. The molecule has 0 aliphatic rings. The number of fused-ring (bicyclic) bond motifs is 1. The van der Waals surface area contributed by atoms with Gasteiger partial charge in [-0.25, -0.2) is 4.98 Å². The number of rotatable bonds is 2. The van der Waals surface area contributed by atoms with E-state index in [4.69, 9.17) is 4.74 Å². The molecule has 2 aromatic rings. The molecule has 0 atom stereocenters. The summed E-state index contributed by atoms with van der Waals surface area (Å²) >= 11 is 3.35. The third-order valence-electron chi connectivity index (χ3n) is 1.99. The molecule has 0 radical (unpaired) electrons. The summed E-state index contributed by atoms with van der Waals surface area (Å²) in [5.41, 5.74) is 1.41. The monoisotopic (exact) mass is 254 g/mol. The van der Waals surface area contributed by atoms with Crippen LogP contribution in [0.2, 0.25) is 0 Å². The van der Waals surface area contributed by atoms with Crippen molar-refractivity contribution in [1.82, 2.24) is 9.97 Å². The van der Waals surface area contributed by atoms with E-state index in [0.717, 1.165) is 21.7 Å².